The summed E-state index contributed by atoms with van der Waals surface area (Å²) in [7, 11) is 1.11. The van der Waals surface area contributed by atoms with Gasteiger partial charge in [-0.1, -0.05) is 24.3 Å². The van der Waals surface area contributed by atoms with Crippen LogP contribution in [0.4, 0.5) is 13.2 Å². The van der Waals surface area contributed by atoms with Gasteiger partial charge in [-0.05, 0) is 29.8 Å². The Morgan fingerprint density at radius 2 is 1.73 bits per heavy atom. The highest BCUT2D eigenvalue weighted by molar-refractivity contribution is 5.98. The molecular formula is C18H16F3NO4. The first-order valence-corrected chi connectivity index (χ1v) is 7.55. The van der Waals surface area contributed by atoms with E-state index in [-0.39, 0.29) is 12.2 Å². The fraction of sp³-hybridized carbons (Fsp3) is 0.222. The Labute approximate surface area is 147 Å². The maximum Gasteiger partial charge on any atom is 0.417 e. The van der Waals surface area contributed by atoms with Gasteiger partial charge >= 0.3 is 12.1 Å². The molecule has 0 heterocycles. The predicted molar refractivity (Wildman–Crippen MR) is 86.5 cm³/mol. The molecule has 0 aliphatic carbocycles. The van der Waals surface area contributed by atoms with E-state index in [2.05, 4.69) is 10.1 Å². The van der Waals surface area contributed by atoms with E-state index < -0.39 is 35.2 Å². The van der Waals surface area contributed by atoms with Gasteiger partial charge in [-0.25, -0.2) is 4.79 Å². The molecule has 2 N–H and O–H groups in total. The van der Waals surface area contributed by atoms with Crippen molar-refractivity contribution in [2.24, 2.45) is 0 Å². The third kappa shape index (κ3) is 4.75. The molecule has 1 unspecified atom stereocenters. The Kier molecular flexibility index (Phi) is 5.86. The first kappa shape index (κ1) is 19.3. The van der Waals surface area contributed by atoms with Crippen LogP contribution < -0.4 is 5.32 Å². The number of alkyl halides is 3. The van der Waals surface area contributed by atoms with Crippen molar-refractivity contribution in [2.45, 2.75) is 18.6 Å². The Bertz CT molecular complexity index is 788. The van der Waals surface area contributed by atoms with Crippen molar-refractivity contribution in [3.8, 4) is 5.75 Å². The molecule has 5 nitrogen and oxygen atoms in total. The molecule has 2 aromatic carbocycles. The van der Waals surface area contributed by atoms with Crippen LogP contribution in [0.1, 0.15) is 21.5 Å². The van der Waals surface area contributed by atoms with Gasteiger partial charge in [0.25, 0.3) is 5.91 Å². The lowest BCUT2D eigenvalue weighted by atomic mass is 10.0. The van der Waals surface area contributed by atoms with Gasteiger partial charge in [0, 0.05) is 6.42 Å². The van der Waals surface area contributed by atoms with E-state index in [9.17, 15) is 27.9 Å². The molecule has 0 saturated carbocycles. The zero-order chi connectivity index (χ0) is 19.3. The summed E-state index contributed by atoms with van der Waals surface area (Å²) in [6, 6.07) is 8.97. The second-order valence-electron chi connectivity index (χ2n) is 5.46. The maximum atomic E-state index is 13.1. The summed E-state index contributed by atoms with van der Waals surface area (Å²) in [5, 5.41) is 11.6. The minimum Gasteiger partial charge on any atom is -0.508 e. The number of halogens is 3. The highest BCUT2D eigenvalue weighted by Crippen LogP contribution is 2.31. The summed E-state index contributed by atoms with van der Waals surface area (Å²) in [5.74, 6) is -1.81. The molecule has 0 bridgehead atoms. The zero-order valence-corrected chi connectivity index (χ0v) is 13.7. The van der Waals surface area contributed by atoms with Gasteiger partial charge in [0.05, 0.1) is 18.2 Å². The van der Waals surface area contributed by atoms with Gasteiger partial charge in [0.15, 0.2) is 0 Å². The number of rotatable bonds is 5. The van der Waals surface area contributed by atoms with Crippen LogP contribution in [0.3, 0.4) is 0 Å². The van der Waals surface area contributed by atoms with Crippen molar-refractivity contribution in [3.05, 3.63) is 65.2 Å². The number of benzene rings is 2. The molecule has 138 valence electrons. The minimum atomic E-state index is -4.70. The molecule has 0 radical (unpaired) electrons. The summed E-state index contributed by atoms with van der Waals surface area (Å²) in [6.07, 6.45) is -4.71. The number of hydrogen-bond donors (Lipinski definition) is 2. The van der Waals surface area contributed by atoms with E-state index in [4.69, 9.17) is 0 Å². The highest BCUT2D eigenvalue weighted by atomic mass is 19.4. The first-order valence-electron chi connectivity index (χ1n) is 7.55. The standard InChI is InChI=1S/C18H16F3NO4/c1-26-17(25)15(10-11-6-8-12(23)9-7-11)22-16(24)13-4-2-3-5-14(13)18(19,20)21/h2-9,15,23H,10H2,1H3,(H,22,24). The fourth-order valence-corrected chi connectivity index (χ4v) is 2.37. The van der Waals surface area contributed by atoms with Crippen molar-refractivity contribution in [1.82, 2.24) is 5.32 Å². The monoisotopic (exact) mass is 367 g/mol. The Morgan fingerprint density at radius 3 is 2.31 bits per heavy atom. The number of carbonyl (C=O) groups excluding carboxylic acids is 2. The van der Waals surface area contributed by atoms with E-state index in [1.54, 1.807) is 0 Å². The summed E-state index contributed by atoms with van der Waals surface area (Å²) < 4.78 is 43.8. The van der Waals surface area contributed by atoms with Gasteiger partial charge in [0.1, 0.15) is 11.8 Å². The molecule has 0 aliphatic rings. The van der Waals surface area contributed by atoms with Crippen molar-refractivity contribution in [1.29, 1.82) is 0 Å². The van der Waals surface area contributed by atoms with Crippen LogP contribution in [-0.4, -0.2) is 30.1 Å². The lowest BCUT2D eigenvalue weighted by Gasteiger charge is -2.18. The average molecular weight is 367 g/mol. The van der Waals surface area contributed by atoms with Crippen LogP contribution in [0, 0.1) is 0 Å². The zero-order valence-electron chi connectivity index (χ0n) is 13.7. The van der Waals surface area contributed by atoms with Crippen molar-refractivity contribution < 1.29 is 32.6 Å². The summed E-state index contributed by atoms with van der Waals surface area (Å²) in [5.41, 5.74) is -1.09. The van der Waals surface area contributed by atoms with Crippen LogP contribution in [0.5, 0.6) is 5.75 Å². The number of amides is 1. The van der Waals surface area contributed by atoms with Gasteiger partial charge in [-0.2, -0.15) is 13.2 Å². The lowest BCUT2D eigenvalue weighted by molar-refractivity contribution is -0.142. The minimum absolute atomic E-state index is 0.00707. The largest absolute Gasteiger partial charge is 0.508 e. The molecule has 2 aromatic rings. The molecule has 2 rings (SSSR count). The summed E-state index contributed by atoms with van der Waals surface area (Å²) >= 11 is 0. The van der Waals surface area contributed by atoms with Gasteiger partial charge in [-0.15, -0.1) is 0 Å². The molecule has 26 heavy (non-hydrogen) atoms. The number of ether oxygens (including phenoxy) is 1. The van der Waals surface area contributed by atoms with Crippen LogP contribution >= 0.6 is 0 Å². The molecule has 1 atom stereocenters. The van der Waals surface area contributed by atoms with Crippen molar-refractivity contribution in [3.63, 3.8) is 0 Å². The molecule has 8 heteroatoms. The molecule has 1 amide bonds. The number of phenolic OH excluding ortho intramolecular Hbond substituents is 1. The van der Waals surface area contributed by atoms with Crippen LogP contribution in [0.15, 0.2) is 48.5 Å². The van der Waals surface area contributed by atoms with E-state index in [0.717, 1.165) is 19.2 Å². The molecule has 0 saturated heterocycles. The number of carbonyl (C=O) groups is 2. The summed E-state index contributed by atoms with van der Waals surface area (Å²) in [6.45, 7) is 0. The summed E-state index contributed by atoms with van der Waals surface area (Å²) in [4.78, 5) is 24.3. The number of hydrogen-bond acceptors (Lipinski definition) is 4. The maximum absolute atomic E-state index is 13.1. The van der Waals surface area contributed by atoms with Crippen molar-refractivity contribution >= 4 is 11.9 Å². The van der Waals surface area contributed by atoms with E-state index >= 15 is 0 Å². The Balaban J connectivity index is 2.25. The highest BCUT2D eigenvalue weighted by Gasteiger charge is 2.35. The second-order valence-corrected chi connectivity index (χ2v) is 5.46. The molecule has 0 aromatic heterocycles. The Morgan fingerprint density at radius 1 is 1.12 bits per heavy atom. The van der Waals surface area contributed by atoms with Crippen LogP contribution in [0.25, 0.3) is 0 Å². The second kappa shape index (κ2) is 7.90. The SMILES string of the molecule is COC(=O)C(Cc1ccc(O)cc1)NC(=O)c1ccccc1C(F)(F)F. The van der Waals surface area contributed by atoms with Gasteiger partial charge in [-0.3, -0.25) is 4.79 Å². The molecular weight excluding hydrogens is 351 g/mol. The first-order chi connectivity index (χ1) is 12.2. The van der Waals surface area contributed by atoms with E-state index in [0.29, 0.717) is 5.56 Å². The number of aromatic hydroxyl groups is 1. The van der Waals surface area contributed by atoms with E-state index in [1.165, 1.54) is 36.4 Å². The predicted octanol–water partition coefficient (Wildman–Crippen LogP) is 2.93. The van der Waals surface area contributed by atoms with E-state index in [1.807, 2.05) is 0 Å². The van der Waals surface area contributed by atoms with Crippen molar-refractivity contribution in [2.75, 3.05) is 7.11 Å². The Hall–Kier alpha value is -3.03. The van der Waals surface area contributed by atoms with Gasteiger partial charge < -0.3 is 15.2 Å². The lowest BCUT2D eigenvalue weighted by Crippen LogP contribution is -2.43. The normalized spacial score (nSPS) is 12.3. The number of phenols is 1. The number of esters is 1. The smallest absolute Gasteiger partial charge is 0.417 e. The molecule has 0 spiro atoms. The quantitative estimate of drug-likeness (QED) is 0.797. The van der Waals surface area contributed by atoms with Crippen LogP contribution in [0.2, 0.25) is 0 Å². The molecule has 0 aliphatic heterocycles. The van der Waals surface area contributed by atoms with Crippen LogP contribution in [-0.2, 0) is 22.1 Å². The molecule has 0 fully saturated rings. The third-order valence-corrected chi connectivity index (χ3v) is 3.64. The number of methoxy groups -OCH3 is 1. The average Bonchev–Trinajstić information content (AvgIpc) is 2.61. The van der Waals surface area contributed by atoms with Gasteiger partial charge in [0.2, 0.25) is 0 Å². The topological polar surface area (TPSA) is 75.6 Å². The fourth-order valence-electron chi connectivity index (χ4n) is 2.37. The third-order valence-electron chi connectivity index (χ3n) is 3.64. The number of nitrogens with one attached hydrogen (secondary N) is 1.